The maximum atomic E-state index is 14.2. The molecule has 0 radical (unpaired) electrons. The predicted molar refractivity (Wildman–Crippen MR) is 135 cm³/mol. The molecular weight excluding hydrogens is 454 g/mol. The minimum absolute atomic E-state index is 0.335. The van der Waals surface area contributed by atoms with Crippen LogP contribution in [0.4, 0.5) is 0 Å². The monoisotopic (exact) mass is 483 g/mol. The molecule has 0 spiro atoms. The second-order valence-electron chi connectivity index (χ2n) is 9.38. The van der Waals surface area contributed by atoms with E-state index >= 15 is 0 Å². The molecule has 3 aromatic rings. The van der Waals surface area contributed by atoms with E-state index in [1.165, 1.54) is 0 Å². The number of rotatable bonds is 7. The molecule has 6 nitrogen and oxygen atoms in total. The minimum Gasteiger partial charge on any atom is -0.461 e. The van der Waals surface area contributed by atoms with Crippen molar-refractivity contribution in [2.24, 2.45) is 0 Å². The van der Waals surface area contributed by atoms with Crippen molar-refractivity contribution in [3.63, 3.8) is 0 Å². The van der Waals surface area contributed by atoms with Gasteiger partial charge in [0.25, 0.3) is 0 Å². The second-order valence-corrected chi connectivity index (χ2v) is 9.38. The number of benzene rings is 3. The summed E-state index contributed by atoms with van der Waals surface area (Å²) in [5.74, 6) is -2.47. The number of esters is 1. The fraction of sp³-hybridized carbons (Fsp3) is 0.300. The standard InChI is InChI=1S/C30H29NO5/c1-21(20-31-16-18-35-19-17-31)36-29(34)26(22-10-4-2-5-11-22)30(23-12-6-3-7-13-23)27(32)24-14-8-9-15-25(24)28(30)33/h2-15,21,26H,16-20H2,1H3. The Morgan fingerprint density at radius 1 is 0.861 bits per heavy atom. The topological polar surface area (TPSA) is 72.9 Å². The van der Waals surface area contributed by atoms with Gasteiger partial charge in [-0.2, -0.15) is 0 Å². The van der Waals surface area contributed by atoms with Crippen molar-refractivity contribution < 1.29 is 23.9 Å². The first-order valence-corrected chi connectivity index (χ1v) is 12.3. The van der Waals surface area contributed by atoms with Crippen LogP contribution in [0.3, 0.4) is 0 Å². The maximum absolute atomic E-state index is 14.2. The zero-order valence-electron chi connectivity index (χ0n) is 20.3. The first-order chi connectivity index (χ1) is 17.5. The average Bonchev–Trinajstić information content (AvgIpc) is 3.13. The van der Waals surface area contributed by atoms with Crippen LogP contribution >= 0.6 is 0 Å². The van der Waals surface area contributed by atoms with E-state index in [4.69, 9.17) is 9.47 Å². The molecule has 1 heterocycles. The number of ketones is 2. The second kappa shape index (κ2) is 10.2. The molecule has 0 N–H and O–H groups in total. The van der Waals surface area contributed by atoms with E-state index in [1.807, 2.05) is 31.2 Å². The van der Waals surface area contributed by atoms with Gasteiger partial charge in [0.15, 0.2) is 11.6 Å². The number of Topliss-reactive ketones (excluding diaryl/α,β-unsaturated/α-hetero) is 2. The lowest BCUT2D eigenvalue weighted by molar-refractivity contribution is -0.152. The first-order valence-electron chi connectivity index (χ1n) is 12.3. The zero-order valence-corrected chi connectivity index (χ0v) is 20.3. The molecule has 5 rings (SSSR count). The molecule has 0 bridgehead atoms. The Labute approximate surface area is 210 Å². The third kappa shape index (κ3) is 4.16. The van der Waals surface area contributed by atoms with E-state index in [1.54, 1.807) is 60.7 Å². The Kier molecular flexibility index (Phi) is 6.81. The third-order valence-corrected chi connectivity index (χ3v) is 7.10. The lowest BCUT2D eigenvalue weighted by atomic mass is 9.64. The summed E-state index contributed by atoms with van der Waals surface area (Å²) < 4.78 is 11.4. The zero-order chi connectivity index (χ0) is 25.1. The van der Waals surface area contributed by atoms with Gasteiger partial charge in [0.1, 0.15) is 17.4 Å². The fourth-order valence-corrected chi connectivity index (χ4v) is 5.46. The highest BCUT2D eigenvalue weighted by molar-refractivity contribution is 6.35. The Morgan fingerprint density at radius 3 is 1.97 bits per heavy atom. The molecule has 184 valence electrons. The summed E-state index contributed by atoms with van der Waals surface area (Å²) in [5.41, 5.74) is -0.0209. The van der Waals surface area contributed by atoms with Gasteiger partial charge in [-0.25, -0.2) is 0 Å². The van der Waals surface area contributed by atoms with Crippen LogP contribution in [0.2, 0.25) is 0 Å². The van der Waals surface area contributed by atoms with Crippen molar-refractivity contribution in [2.75, 3.05) is 32.8 Å². The van der Waals surface area contributed by atoms with Gasteiger partial charge in [-0.05, 0) is 18.1 Å². The number of hydrogen-bond donors (Lipinski definition) is 0. The number of hydrogen-bond acceptors (Lipinski definition) is 6. The fourth-order valence-electron chi connectivity index (χ4n) is 5.46. The van der Waals surface area contributed by atoms with E-state index in [2.05, 4.69) is 4.90 Å². The molecule has 2 unspecified atom stereocenters. The lowest BCUT2D eigenvalue weighted by Gasteiger charge is -2.35. The first kappa shape index (κ1) is 24.1. The molecule has 36 heavy (non-hydrogen) atoms. The number of fused-ring (bicyclic) bond motifs is 1. The molecule has 6 heteroatoms. The van der Waals surface area contributed by atoms with Crippen molar-refractivity contribution in [3.05, 3.63) is 107 Å². The van der Waals surface area contributed by atoms with Crippen molar-refractivity contribution in [1.82, 2.24) is 4.90 Å². The molecule has 0 aromatic heterocycles. The molecule has 2 atom stereocenters. The highest BCUT2D eigenvalue weighted by Crippen LogP contribution is 2.49. The minimum atomic E-state index is -1.75. The number of carbonyl (C=O) groups is 3. The summed E-state index contributed by atoms with van der Waals surface area (Å²) >= 11 is 0. The Bertz CT molecular complexity index is 1220. The van der Waals surface area contributed by atoms with E-state index in [9.17, 15) is 14.4 Å². The van der Waals surface area contributed by atoms with Gasteiger partial charge in [-0.15, -0.1) is 0 Å². The van der Waals surface area contributed by atoms with Crippen LogP contribution < -0.4 is 0 Å². The van der Waals surface area contributed by atoms with Gasteiger partial charge in [-0.1, -0.05) is 84.9 Å². The SMILES string of the molecule is CC(CN1CCOCC1)OC(=O)C(c1ccccc1)C1(c2ccccc2)C(=O)c2ccccc2C1=O. The highest BCUT2D eigenvalue weighted by Gasteiger charge is 2.61. The van der Waals surface area contributed by atoms with Crippen molar-refractivity contribution in [3.8, 4) is 0 Å². The number of morpholine rings is 1. The molecule has 2 aliphatic rings. The van der Waals surface area contributed by atoms with Gasteiger partial charge in [0.2, 0.25) is 0 Å². The Morgan fingerprint density at radius 2 is 1.39 bits per heavy atom. The number of nitrogens with zero attached hydrogens (tertiary/aromatic N) is 1. The average molecular weight is 484 g/mol. The summed E-state index contributed by atoms with van der Waals surface area (Å²) in [7, 11) is 0. The van der Waals surface area contributed by atoms with E-state index in [-0.39, 0.29) is 11.6 Å². The quantitative estimate of drug-likeness (QED) is 0.373. The van der Waals surface area contributed by atoms with Gasteiger partial charge in [0, 0.05) is 30.8 Å². The van der Waals surface area contributed by atoms with Crippen LogP contribution in [0.5, 0.6) is 0 Å². The molecule has 3 aromatic carbocycles. The van der Waals surface area contributed by atoms with Gasteiger partial charge in [0.05, 0.1) is 13.2 Å². The van der Waals surface area contributed by atoms with E-state index < -0.39 is 23.4 Å². The summed E-state index contributed by atoms with van der Waals surface area (Å²) in [6.07, 6.45) is -0.427. The Hall–Kier alpha value is -3.61. The number of ether oxygens (including phenoxy) is 2. The van der Waals surface area contributed by atoms with Crippen LogP contribution in [0.25, 0.3) is 0 Å². The van der Waals surface area contributed by atoms with Crippen LogP contribution in [0.15, 0.2) is 84.9 Å². The maximum Gasteiger partial charge on any atom is 0.315 e. The summed E-state index contributed by atoms with van der Waals surface area (Å²) in [4.78, 5) is 44.6. The summed E-state index contributed by atoms with van der Waals surface area (Å²) in [6.45, 7) is 5.22. The summed E-state index contributed by atoms with van der Waals surface area (Å²) in [5, 5.41) is 0. The van der Waals surface area contributed by atoms with E-state index in [0.717, 1.165) is 13.1 Å². The predicted octanol–water partition coefficient (Wildman–Crippen LogP) is 4.05. The van der Waals surface area contributed by atoms with Crippen LogP contribution in [0, 0.1) is 0 Å². The largest absolute Gasteiger partial charge is 0.461 e. The lowest BCUT2D eigenvalue weighted by Crippen LogP contribution is -2.49. The molecule has 1 saturated heterocycles. The Balaban J connectivity index is 1.60. The summed E-state index contributed by atoms with van der Waals surface area (Å²) in [6, 6.07) is 24.7. The molecule has 1 aliphatic carbocycles. The molecule has 0 amide bonds. The van der Waals surface area contributed by atoms with Crippen LogP contribution in [-0.2, 0) is 19.7 Å². The molecule has 1 fully saturated rings. The normalized spacial score (nSPS) is 18.9. The van der Waals surface area contributed by atoms with Crippen LogP contribution in [-0.4, -0.2) is 61.4 Å². The van der Waals surface area contributed by atoms with Crippen molar-refractivity contribution >= 4 is 17.5 Å². The smallest absolute Gasteiger partial charge is 0.315 e. The number of carbonyl (C=O) groups excluding carboxylic acids is 3. The van der Waals surface area contributed by atoms with Gasteiger partial charge < -0.3 is 9.47 Å². The van der Waals surface area contributed by atoms with Gasteiger partial charge in [-0.3, -0.25) is 19.3 Å². The van der Waals surface area contributed by atoms with Gasteiger partial charge >= 0.3 is 5.97 Å². The molecular formula is C30H29NO5. The third-order valence-electron chi connectivity index (χ3n) is 7.10. The molecule has 1 aliphatic heterocycles. The van der Waals surface area contributed by atoms with Crippen molar-refractivity contribution in [2.45, 2.75) is 24.4 Å². The van der Waals surface area contributed by atoms with E-state index in [0.29, 0.717) is 42.0 Å². The highest BCUT2D eigenvalue weighted by atomic mass is 16.5. The van der Waals surface area contributed by atoms with Crippen molar-refractivity contribution in [1.29, 1.82) is 0 Å². The molecule has 0 saturated carbocycles. The van der Waals surface area contributed by atoms with Crippen LogP contribution in [0.1, 0.15) is 44.7 Å².